The molecular formula is C14H19N3O3. The summed E-state index contributed by atoms with van der Waals surface area (Å²) in [5.41, 5.74) is 0.388. The molecule has 6 nitrogen and oxygen atoms in total. The highest BCUT2D eigenvalue weighted by Crippen LogP contribution is 2.20. The second-order valence-electron chi connectivity index (χ2n) is 4.82. The Labute approximate surface area is 117 Å². The third kappa shape index (κ3) is 3.69. The number of hydrogen-bond acceptors (Lipinski definition) is 4. The van der Waals surface area contributed by atoms with Crippen molar-refractivity contribution in [1.82, 2.24) is 10.3 Å². The molecule has 0 bridgehead atoms. The van der Waals surface area contributed by atoms with E-state index in [-0.39, 0.29) is 11.9 Å². The Morgan fingerprint density at radius 1 is 1.25 bits per heavy atom. The van der Waals surface area contributed by atoms with Gasteiger partial charge in [-0.25, -0.2) is 4.98 Å². The van der Waals surface area contributed by atoms with E-state index in [0.717, 1.165) is 25.7 Å². The molecule has 2 amide bonds. The zero-order chi connectivity index (χ0) is 14.4. The Hall–Kier alpha value is -2.11. The zero-order valence-electron chi connectivity index (χ0n) is 11.5. The molecule has 6 heteroatoms. The van der Waals surface area contributed by atoms with Crippen molar-refractivity contribution in [2.24, 2.45) is 0 Å². The van der Waals surface area contributed by atoms with Gasteiger partial charge < -0.3 is 15.4 Å². The normalized spacial score (nSPS) is 15.4. The minimum atomic E-state index is -0.693. The van der Waals surface area contributed by atoms with Gasteiger partial charge in [0.25, 0.3) is 0 Å². The van der Waals surface area contributed by atoms with Gasteiger partial charge in [0.2, 0.25) is 5.88 Å². The van der Waals surface area contributed by atoms with E-state index < -0.39 is 11.8 Å². The first kappa shape index (κ1) is 14.3. The molecular weight excluding hydrogens is 258 g/mol. The molecule has 1 aromatic heterocycles. The smallest absolute Gasteiger partial charge is 0.313 e. The molecule has 0 aliphatic heterocycles. The van der Waals surface area contributed by atoms with Crippen molar-refractivity contribution in [2.45, 2.75) is 38.1 Å². The molecule has 1 aromatic rings. The van der Waals surface area contributed by atoms with E-state index in [1.807, 2.05) is 0 Å². The van der Waals surface area contributed by atoms with Gasteiger partial charge in [-0.2, -0.15) is 0 Å². The first-order valence-corrected chi connectivity index (χ1v) is 6.81. The van der Waals surface area contributed by atoms with Gasteiger partial charge in [-0.05, 0) is 25.0 Å². The minimum Gasteiger partial charge on any atom is -0.480 e. The molecule has 2 rings (SSSR count). The number of nitrogens with one attached hydrogen (secondary N) is 2. The molecule has 0 spiro atoms. The van der Waals surface area contributed by atoms with E-state index in [4.69, 9.17) is 4.74 Å². The van der Waals surface area contributed by atoms with Crippen LogP contribution in [0.3, 0.4) is 0 Å². The van der Waals surface area contributed by atoms with Crippen molar-refractivity contribution in [1.29, 1.82) is 0 Å². The third-order valence-corrected chi connectivity index (χ3v) is 3.36. The molecule has 0 unspecified atom stereocenters. The number of anilines is 1. The van der Waals surface area contributed by atoms with Gasteiger partial charge in [-0.15, -0.1) is 0 Å². The zero-order valence-corrected chi connectivity index (χ0v) is 11.5. The topological polar surface area (TPSA) is 80.3 Å². The van der Waals surface area contributed by atoms with E-state index in [1.54, 1.807) is 18.3 Å². The lowest BCUT2D eigenvalue weighted by molar-refractivity contribution is -0.136. The van der Waals surface area contributed by atoms with Crippen LogP contribution >= 0.6 is 0 Å². The fourth-order valence-corrected chi connectivity index (χ4v) is 2.33. The van der Waals surface area contributed by atoms with Gasteiger partial charge in [0.15, 0.2) is 0 Å². The Bertz CT molecular complexity index is 484. The first-order valence-electron chi connectivity index (χ1n) is 6.81. The van der Waals surface area contributed by atoms with Crippen LogP contribution in [0.15, 0.2) is 18.3 Å². The summed E-state index contributed by atoms with van der Waals surface area (Å²) >= 11 is 0. The van der Waals surface area contributed by atoms with Crippen molar-refractivity contribution in [3.05, 3.63) is 18.3 Å². The summed E-state index contributed by atoms with van der Waals surface area (Å²) in [6.45, 7) is 0. The lowest BCUT2D eigenvalue weighted by atomic mass is 9.95. The van der Waals surface area contributed by atoms with Crippen LogP contribution in [0.2, 0.25) is 0 Å². The maximum Gasteiger partial charge on any atom is 0.313 e. The van der Waals surface area contributed by atoms with Crippen LogP contribution in [0.1, 0.15) is 32.1 Å². The summed E-state index contributed by atoms with van der Waals surface area (Å²) in [6, 6.07) is 3.41. The fourth-order valence-electron chi connectivity index (χ4n) is 2.33. The number of aromatic nitrogens is 1. The van der Waals surface area contributed by atoms with Crippen molar-refractivity contribution in [2.75, 3.05) is 12.4 Å². The maximum atomic E-state index is 11.8. The summed E-state index contributed by atoms with van der Waals surface area (Å²) < 4.78 is 5.02. The van der Waals surface area contributed by atoms with E-state index in [9.17, 15) is 9.59 Å². The molecule has 1 aliphatic rings. The number of carbonyl (C=O) groups is 2. The summed E-state index contributed by atoms with van der Waals surface area (Å²) in [5.74, 6) is -1.02. The Balaban J connectivity index is 1.91. The predicted octanol–water partition coefficient (Wildman–Crippen LogP) is 1.48. The molecule has 1 fully saturated rings. The lowest BCUT2D eigenvalue weighted by Crippen LogP contribution is -2.42. The van der Waals surface area contributed by atoms with Crippen LogP contribution in [0.5, 0.6) is 5.88 Å². The van der Waals surface area contributed by atoms with Gasteiger partial charge in [0, 0.05) is 12.2 Å². The molecule has 0 saturated heterocycles. The monoisotopic (exact) mass is 277 g/mol. The fraction of sp³-hybridized carbons (Fsp3) is 0.500. The molecule has 1 aliphatic carbocycles. The standard InChI is InChI=1S/C14H19N3O3/c1-20-14-11(8-5-9-15-14)17-13(19)12(18)16-10-6-3-2-4-7-10/h5,8-10H,2-4,6-7H2,1H3,(H,16,18)(H,17,19). The summed E-state index contributed by atoms with van der Waals surface area (Å²) in [7, 11) is 1.46. The number of rotatable bonds is 3. The lowest BCUT2D eigenvalue weighted by Gasteiger charge is -2.22. The minimum absolute atomic E-state index is 0.109. The second-order valence-corrected chi connectivity index (χ2v) is 4.82. The molecule has 1 heterocycles. The van der Waals surface area contributed by atoms with Crippen molar-refractivity contribution in [3.63, 3.8) is 0 Å². The predicted molar refractivity (Wildman–Crippen MR) is 74.4 cm³/mol. The highest BCUT2D eigenvalue weighted by Gasteiger charge is 2.21. The number of carbonyl (C=O) groups excluding carboxylic acids is 2. The number of pyridine rings is 1. The number of amides is 2. The molecule has 0 aromatic carbocycles. The molecule has 2 N–H and O–H groups in total. The van der Waals surface area contributed by atoms with E-state index >= 15 is 0 Å². The quantitative estimate of drug-likeness (QED) is 0.820. The summed E-state index contributed by atoms with van der Waals surface area (Å²) in [5, 5.41) is 5.28. The molecule has 20 heavy (non-hydrogen) atoms. The Morgan fingerprint density at radius 3 is 2.70 bits per heavy atom. The van der Waals surface area contributed by atoms with Gasteiger partial charge in [0.1, 0.15) is 5.69 Å². The highest BCUT2D eigenvalue weighted by molar-refractivity contribution is 6.39. The number of ether oxygens (including phenoxy) is 1. The van der Waals surface area contributed by atoms with Gasteiger partial charge >= 0.3 is 11.8 Å². The maximum absolute atomic E-state index is 11.8. The first-order chi connectivity index (χ1) is 9.70. The summed E-state index contributed by atoms with van der Waals surface area (Å²) in [6.07, 6.45) is 6.83. The average Bonchev–Trinajstić information content (AvgIpc) is 2.48. The third-order valence-electron chi connectivity index (χ3n) is 3.36. The SMILES string of the molecule is COc1ncccc1NC(=O)C(=O)NC1CCCCC1. The molecule has 108 valence electrons. The molecule has 0 radical (unpaired) electrons. The summed E-state index contributed by atoms with van der Waals surface area (Å²) in [4.78, 5) is 27.6. The largest absolute Gasteiger partial charge is 0.480 e. The second kappa shape index (κ2) is 6.88. The Kier molecular flexibility index (Phi) is 4.92. The van der Waals surface area contributed by atoms with Crippen LogP contribution in [-0.4, -0.2) is 29.9 Å². The average molecular weight is 277 g/mol. The number of nitrogens with zero attached hydrogens (tertiary/aromatic N) is 1. The van der Waals surface area contributed by atoms with Crippen LogP contribution in [0, 0.1) is 0 Å². The highest BCUT2D eigenvalue weighted by atomic mass is 16.5. The van der Waals surface area contributed by atoms with Crippen LogP contribution in [0.4, 0.5) is 5.69 Å². The van der Waals surface area contributed by atoms with Crippen LogP contribution in [-0.2, 0) is 9.59 Å². The van der Waals surface area contributed by atoms with Crippen molar-refractivity contribution >= 4 is 17.5 Å². The van der Waals surface area contributed by atoms with E-state index in [2.05, 4.69) is 15.6 Å². The Morgan fingerprint density at radius 2 is 2.00 bits per heavy atom. The van der Waals surface area contributed by atoms with E-state index in [1.165, 1.54) is 13.5 Å². The van der Waals surface area contributed by atoms with Crippen LogP contribution in [0.25, 0.3) is 0 Å². The van der Waals surface area contributed by atoms with Gasteiger partial charge in [-0.3, -0.25) is 9.59 Å². The van der Waals surface area contributed by atoms with Crippen molar-refractivity contribution < 1.29 is 14.3 Å². The van der Waals surface area contributed by atoms with Gasteiger partial charge in [-0.1, -0.05) is 19.3 Å². The van der Waals surface area contributed by atoms with Gasteiger partial charge in [0.05, 0.1) is 7.11 Å². The van der Waals surface area contributed by atoms with Crippen molar-refractivity contribution in [3.8, 4) is 5.88 Å². The number of hydrogen-bond donors (Lipinski definition) is 2. The molecule has 0 atom stereocenters. The molecule has 1 saturated carbocycles. The van der Waals surface area contributed by atoms with E-state index in [0.29, 0.717) is 5.69 Å². The number of methoxy groups -OCH3 is 1. The van der Waals surface area contributed by atoms with Crippen LogP contribution < -0.4 is 15.4 Å².